The van der Waals surface area contributed by atoms with Crippen LogP contribution in [-0.2, 0) is 4.79 Å². The van der Waals surface area contributed by atoms with Crippen molar-refractivity contribution in [3.8, 4) is 5.88 Å². The Hall–Kier alpha value is -2.54. The highest BCUT2D eigenvalue weighted by molar-refractivity contribution is 5.92. The van der Waals surface area contributed by atoms with Crippen LogP contribution in [0.4, 0.5) is 10.1 Å². The molecule has 3 rings (SSSR count). The number of carbonyl (C=O) groups is 1. The first-order valence-corrected chi connectivity index (χ1v) is 7.85. The van der Waals surface area contributed by atoms with Crippen molar-refractivity contribution in [1.29, 1.82) is 0 Å². The molecule has 1 amide bonds. The van der Waals surface area contributed by atoms with Crippen LogP contribution in [0.2, 0.25) is 0 Å². The lowest BCUT2D eigenvalue weighted by molar-refractivity contribution is -0.117. The van der Waals surface area contributed by atoms with Crippen LogP contribution in [0.3, 0.4) is 0 Å². The van der Waals surface area contributed by atoms with Crippen molar-refractivity contribution >= 4 is 11.6 Å². The zero-order chi connectivity index (χ0) is 16.8. The third-order valence-corrected chi connectivity index (χ3v) is 3.87. The van der Waals surface area contributed by atoms with Gasteiger partial charge in [-0.2, -0.15) is 0 Å². The summed E-state index contributed by atoms with van der Waals surface area (Å²) in [7, 11) is 0. The van der Waals surface area contributed by atoms with Gasteiger partial charge in [-0.3, -0.25) is 14.7 Å². The van der Waals surface area contributed by atoms with Gasteiger partial charge in [0.1, 0.15) is 5.82 Å². The highest BCUT2D eigenvalue weighted by Crippen LogP contribution is 2.17. The normalized spacial score (nSPS) is 17.6. The number of halogens is 1. The fraction of sp³-hybridized carbons (Fsp3) is 0.353. The molecule has 0 aliphatic carbocycles. The van der Waals surface area contributed by atoms with Crippen molar-refractivity contribution in [3.05, 3.63) is 48.7 Å². The Morgan fingerprint density at radius 2 is 2.17 bits per heavy atom. The maximum Gasteiger partial charge on any atom is 0.238 e. The minimum Gasteiger partial charge on any atom is -0.476 e. The largest absolute Gasteiger partial charge is 0.476 e. The van der Waals surface area contributed by atoms with Gasteiger partial charge in [0.15, 0.2) is 0 Å². The molecule has 1 aromatic heterocycles. The Bertz CT molecular complexity index is 666. The molecule has 1 aliphatic heterocycles. The number of likely N-dealkylation sites (tertiary alicyclic amines) is 1. The third kappa shape index (κ3) is 4.73. The SMILES string of the molecule is O=C(CN1CCC(COc2cnccn2)C1)Nc1ccc(F)cc1. The van der Waals surface area contributed by atoms with Gasteiger partial charge in [0, 0.05) is 30.5 Å². The van der Waals surface area contributed by atoms with Gasteiger partial charge < -0.3 is 10.1 Å². The van der Waals surface area contributed by atoms with Crippen molar-refractivity contribution in [3.63, 3.8) is 0 Å². The fourth-order valence-corrected chi connectivity index (χ4v) is 2.69. The average molecular weight is 330 g/mol. The number of carbonyl (C=O) groups excluding carboxylic acids is 1. The first-order chi connectivity index (χ1) is 11.7. The Morgan fingerprint density at radius 3 is 2.92 bits per heavy atom. The van der Waals surface area contributed by atoms with E-state index in [0.29, 0.717) is 30.6 Å². The number of nitrogens with one attached hydrogen (secondary N) is 1. The van der Waals surface area contributed by atoms with Gasteiger partial charge in [0.2, 0.25) is 11.8 Å². The molecule has 2 heterocycles. The molecule has 1 aromatic carbocycles. The quantitative estimate of drug-likeness (QED) is 0.877. The van der Waals surface area contributed by atoms with E-state index >= 15 is 0 Å². The van der Waals surface area contributed by atoms with Crippen LogP contribution in [0.25, 0.3) is 0 Å². The number of amides is 1. The van der Waals surface area contributed by atoms with E-state index in [2.05, 4.69) is 20.2 Å². The molecule has 1 atom stereocenters. The predicted octanol–water partition coefficient (Wildman–Crippen LogP) is 1.96. The van der Waals surface area contributed by atoms with Gasteiger partial charge in [-0.1, -0.05) is 0 Å². The first-order valence-electron chi connectivity index (χ1n) is 7.85. The van der Waals surface area contributed by atoms with E-state index in [1.54, 1.807) is 30.7 Å². The second-order valence-corrected chi connectivity index (χ2v) is 5.80. The smallest absolute Gasteiger partial charge is 0.238 e. The van der Waals surface area contributed by atoms with Crippen molar-refractivity contribution in [2.75, 3.05) is 31.6 Å². The summed E-state index contributed by atoms with van der Waals surface area (Å²) in [5.74, 6) is 0.464. The zero-order valence-electron chi connectivity index (χ0n) is 13.2. The minimum absolute atomic E-state index is 0.0999. The molecule has 1 N–H and O–H groups in total. The third-order valence-electron chi connectivity index (χ3n) is 3.87. The van der Waals surface area contributed by atoms with E-state index < -0.39 is 0 Å². The van der Waals surface area contributed by atoms with E-state index in [0.717, 1.165) is 19.5 Å². The first kappa shape index (κ1) is 16.3. The minimum atomic E-state index is -0.321. The number of hydrogen-bond donors (Lipinski definition) is 1. The van der Waals surface area contributed by atoms with E-state index in [4.69, 9.17) is 4.74 Å². The van der Waals surface area contributed by atoms with E-state index in [1.165, 1.54) is 12.1 Å². The van der Waals surface area contributed by atoms with Crippen molar-refractivity contribution in [2.24, 2.45) is 5.92 Å². The highest BCUT2D eigenvalue weighted by Gasteiger charge is 2.24. The molecule has 0 saturated carbocycles. The molecular weight excluding hydrogens is 311 g/mol. The number of rotatable bonds is 6. The molecule has 6 nitrogen and oxygen atoms in total. The summed E-state index contributed by atoms with van der Waals surface area (Å²) in [4.78, 5) is 22.2. The zero-order valence-corrected chi connectivity index (χ0v) is 13.2. The number of anilines is 1. The van der Waals surface area contributed by atoms with Gasteiger partial charge in [0.05, 0.1) is 19.3 Å². The molecule has 0 radical (unpaired) electrons. The van der Waals surface area contributed by atoms with Gasteiger partial charge in [-0.15, -0.1) is 0 Å². The Balaban J connectivity index is 1.40. The molecule has 1 unspecified atom stereocenters. The molecule has 2 aromatic rings. The number of ether oxygens (including phenoxy) is 1. The summed E-state index contributed by atoms with van der Waals surface area (Å²) in [6.07, 6.45) is 5.76. The van der Waals surface area contributed by atoms with Crippen LogP contribution in [0, 0.1) is 11.7 Å². The number of hydrogen-bond acceptors (Lipinski definition) is 5. The number of aromatic nitrogens is 2. The summed E-state index contributed by atoms with van der Waals surface area (Å²) in [5, 5.41) is 2.77. The van der Waals surface area contributed by atoms with Gasteiger partial charge in [-0.05, 0) is 37.2 Å². The molecule has 24 heavy (non-hydrogen) atoms. The maximum atomic E-state index is 12.8. The lowest BCUT2D eigenvalue weighted by atomic mass is 10.1. The average Bonchev–Trinajstić information content (AvgIpc) is 3.03. The topological polar surface area (TPSA) is 67.4 Å². The standard InChI is InChI=1S/C17H19FN4O2/c18-14-1-3-15(4-2-14)21-16(23)11-22-8-5-13(10-22)12-24-17-9-19-6-7-20-17/h1-4,6-7,9,13H,5,8,10-12H2,(H,21,23). The summed E-state index contributed by atoms with van der Waals surface area (Å²) in [5.41, 5.74) is 0.600. The second kappa shape index (κ2) is 7.83. The Labute approximate surface area is 139 Å². The molecule has 1 fully saturated rings. The van der Waals surface area contributed by atoms with Crippen molar-refractivity contribution in [2.45, 2.75) is 6.42 Å². The molecule has 1 saturated heterocycles. The lowest BCUT2D eigenvalue weighted by Gasteiger charge is -2.16. The monoisotopic (exact) mass is 330 g/mol. The van der Waals surface area contributed by atoms with Crippen LogP contribution < -0.4 is 10.1 Å². The van der Waals surface area contributed by atoms with Crippen LogP contribution in [0.1, 0.15) is 6.42 Å². The number of nitrogens with zero attached hydrogens (tertiary/aromatic N) is 3. The highest BCUT2D eigenvalue weighted by atomic mass is 19.1. The van der Waals surface area contributed by atoms with Crippen LogP contribution >= 0.6 is 0 Å². The van der Waals surface area contributed by atoms with Crippen LogP contribution in [0.15, 0.2) is 42.9 Å². The van der Waals surface area contributed by atoms with Crippen molar-refractivity contribution < 1.29 is 13.9 Å². The molecule has 1 aliphatic rings. The summed E-state index contributed by atoms with van der Waals surface area (Å²) in [6.45, 7) is 2.54. The summed E-state index contributed by atoms with van der Waals surface area (Å²) in [6, 6.07) is 5.75. The van der Waals surface area contributed by atoms with Crippen molar-refractivity contribution in [1.82, 2.24) is 14.9 Å². The summed E-state index contributed by atoms with van der Waals surface area (Å²) < 4.78 is 18.5. The molecule has 7 heteroatoms. The van der Waals surface area contributed by atoms with Gasteiger partial charge in [-0.25, -0.2) is 9.37 Å². The Morgan fingerprint density at radius 1 is 1.33 bits per heavy atom. The van der Waals surface area contributed by atoms with Gasteiger partial charge >= 0.3 is 0 Å². The lowest BCUT2D eigenvalue weighted by Crippen LogP contribution is -2.32. The maximum absolute atomic E-state index is 12.8. The number of benzene rings is 1. The summed E-state index contributed by atoms with van der Waals surface area (Å²) >= 11 is 0. The molecule has 0 bridgehead atoms. The van der Waals surface area contributed by atoms with Crippen LogP contribution in [-0.4, -0.2) is 47.0 Å². The predicted molar refractivity (Wildman–Crippen MR) is 87.1 cm³/mol. The van der Waals surface area contributed by atoms with E-state index in [1.807, 2.05) is 0 Å². The Kier molecular flexibility index (Phi) is 5.32. The molecule has 126 valence electrons. The van der Waals surface area contributed by atoms with E-state index in [-0.39, 0.29) is 11.7 Å². The molecule has 0 spiro atoms. The second-order valence-electron chi connectivity index (χ2n) is 5.80. The fourth-order valence-electron chi connectivity index (χ4n) is 2.69. The van der Waals surface area contributed by atoms with Crippen LogP contribution in [0.5, 0.6) is 5.88 Å². The van der Waals surface area contributed by atoms with Gasteiger partial charge in [0.25, 0.3) is 0 Å². The van der Waals surface area contributed by atoms with E-state index in [9.17, 15) is 9.18 Å². The molecular formula is C17H19FN4O2.